The van der Waals surface area contributed by atoms with Crippen LogP contribution in [0.2, 0.25) is 0 Å². The Bertz CT molecular complexity index is 1140. The quantitative estimate of drug-likeness (QED) is 0.523. The minimum absolute atomic E-state index is 0.0232. The molecule has 0 saturated carbocycles. The Morgan fingerprint density at radius 1 is 0.938 bits per heavy atom. The molecular formula is C24H24N2O5S. The van der Waals surface area contributed by atoms with Crippen molar-refractivity contribution in [3.63, 3.8) is 0 Å². The zero-order chi connectivity index (χ0) is 22.2. The number of nitrogens with zero attached hydrogens (tertiary/aromatic N) is 2. The summed E-state index contributed by atoms with van der Waals surface area (Å²) in [4.78, 5) is 1.16. The molecule has 0 radical (unpaired) electrons. The molecule has 2 aromatic carbocycles. The Labute approximate surface area is 190 Å². The predicted octanol–water partition coefficient (Wildman–Crippen LogP) is 5.02. The standard InChI is InChI=1S/C24H24N2O5S/c1-27-18-8-5-7-15-17-13-16(21-9-6-10-32-21)25-26(17)24(31-22(15)18)14-11-19(28-2)23(30-4)20(12-14)29-3/h5-12,17,24H,13H2,1-4H3/t17-,24-/m0/s1. The van der Waals surface area contributed by atoms with Crippen molar-refractivity contribution in [2.45, 2.75) is 18.7 Å². The van der Waals surface area contributed by atoms with E-state index >= 15 is 0 Å². The van der Waals surface area contributed by atoms with Crippen LogP contribution >= 0.6 is 11.3 Å². The van der Waals surface area contributed by atoms with Crippen LogP contribution in [-0.4, -0.2) is 39.2 Å². The van der Waals surface area contributed by atoms with Gasteiger partial charge in [0.05, 0.1) is 45.1 Å². The second-order valence-electron chi connectivity index (χ2n) is 7.43. The molecule has 0 N–H and O–H groups in total. The first-order valence-corrected chi connectivity index (χ1v) is 11.1. The summed E-state index contributed by atoms with van der Waals surface area (Å²) in [5.74, 6) is 3.10. The highest BCUT2D eigenvalue weighted by atomic mass is 32.1. The Morgan fingerprint density at radius 2 is 1.69 bits per heavy atom. The lowest BCUT2D eigenvalue weighted by molar-refractivity contribution is -0.0211. The van der Waals surface area contributed by atoms with Crippen LogP contribution in [-0.2, 0) is 0 Å². The Morgan fingerprint density at radius 3 is 2.31 bits per heavy atom. The van der Waals surface area contributed by atoms with Crippen LogP contribution in [0.1, 0.15) is 34.7 Å². The van der Waals surface area contributed by atoms with Gasteiger partial charge in [-0.1, -0.05) is 18.2 Å². The highest BCUT2D eigenvalue weighted by Gasteiger charge is 2.42. The van der Waals surface area contributed by atoms with Gasteiger partial charge in [0.1, 0.15) is 0 Å². The second kappa shape index (κ2) is 8.27. The Balaban J connectivity index is 1.66. The number of rotatable bonds is 6. The van der Waals surface area contributed by atoms with Crippen LogP contribution in [0.3, 0.4) is 0 Å². The summed E-state index contributed by atoms with van der Waals surface area (Å²) in [6, 6.07) is 14.0. The van der Waals surface area contributed by atoms with Gasteiger partial charge in [0.15, 0.2) is 23.0 Å². The van der Waals surface area contributed by atoms with Gasteiger partial charge < -0.3 is 23.7 Å². The van der Waals surface area contributed by atoms with E-state index in [-0.39, 0.29) is 6.04 Å². The van der Waals surface area contributed by atoms with Gasteiger partial charge in [-0.25, -0.2) is 5.01 Å². The lowest BCUT2D eigenvalue weighted by Gasteiger charge is -2.38. The molecule has 1 aromatic heterocycles. The number of thiophene rings is 1. The van der Waals surface area contributed by atoms with Crippen LogP contribution in [0.5, 0.6) is 28.7 Å². The van der Waals surface area contributed by atoms with E-state index in [1.807, 2.05) is 35.3 Å². The van der Waals surface area contributed by atoms with Gasteiger partial charge in [-0.2, -0.15) is 5.10 Å². The molecule has 3 heterocycles. The predicted molar refractivity (Wildman–Crippen MR) is 123 cm³/mol. The Kier molecular flexibility index (Phi) is 5.30. The molecule has 0 amide bonds. The van der Waals surface area contributed by atoms with Gasteiger partial charge in [-0.05, 0) is 29.6 Å². The van der Waals surface area contributed by atoms with E-state index in [9.17, 15) is 0 Å². The van der Waals surface area contributed by atoms with E-state index < -0.39 is 6.23 Å². The van der Waals surface area contributed by atoms with Crippen molar-refractivity contribution in [3.05, 3.63) is 63.8 Å². The molecular weight excluding hydrogens is 428 g/mol. The average Bonchev–Trinajstić information content (AvgIpc) is 3.52. The molecule has 7 nitrogen and oxygen atoms in total. The molecule has 2 atom stereocenters. The third-order valence-corrected chi connectivity index (χ3v) is 6.70. The molecule has 3 aromatic rings. The van der Waals surface area contributed by atoms with E-state index in [4.69, 9.17) is 28.8 Å². The molecule has 0 bridgehead atoms. The first-order chi connectivity index (χ1) is 15.7. The fourth-order valence-electron chi connectivity index (χ4n) is 4.30. The molecule has 0 spiro atoms. The van der Waals surface area contributed by atoms with Crippen molar-refractivity contribution in [2.24, 2.45) is 5.10 Å². The number of methoxy groups -OCH3 is 4. The van der Waals surface area contributed by atoms with Gasteiger partial charge >= 0.3 is 0 Å². The number of hydrogen-bond acceptors (Lipinski definition) is 8. The summed E-state index contributed by atoms with van der Waals surface area (Å²) in [5.41, 5.74) is 2.95. The first-order valence-electron chi connectivity index (χ1n) is 10.2. The highest BCUT2D eigenvalue weighted by Crippen LogP contribution is 2.52. The van der Waals surface area contributed by atoms with Crippen LogP contribution < -0.4 is 23.7 Å². The number of hydrogen-bond donors (Lipinski definition) is 0. The van der Waals surface area contributed by atoms with Gasteiger partial charge in [0.25, 0.3) is 0 Å². The molecule has 0 saturated heterocycles. The van der Waals surface area contributed by atoms with Crippen LogP contribution in [0, 0.1) is 0 Å². The number of para-hydroxylation sites is 1. The SMILES string of the molecule is COc1cc([C@@H]2Oc3c(OC)cccc3[C@@H]3CC(c4cccs4)=NN32)cc(OC)c1OC. The zero-order valence-electron chi connectivity index (χ0n) is 18.3. The normalized spacial score (nSPS) is 18.9. The number of benzene rings is 2. The Hall–Kier alpha value is -3.39. The molecule has 0 aliphatic carbocycles. The minimum atomic E-state index is -0.491. The third-order valence-electron chi connectivity index (χ3n) is 5.78. The molecule has 0 fully saturated rings. The topological polar surface area (TPSA) is 61.8 Å². The molecule has 5 rings (SSSR count). The van der Waals surface area contributed by atoms with E-state index in [2.05, 4.69) is 17.5 Å². The lowest BCUT2D eigenvalue weighted by Crippen LogP contribution is -2.34. The van der Waals surface area contributed by atoms with Crippen molar-refractivity contribution in [1.82, 2.24) is 5.01 Å². The first kappa shape index (κ1) is 20.5. The minimum Gasteiger partial charge on any atom is -0.493 e. The molecule has 0 unspecified atom stereocenters. The van der Waals surface area contributed by atoms with Crippen molar-refractivity contribution < 1.29 is 23.7 Å². The number of fused-ring (bicyclic) bond motifs is 3. The van der Waals surface area contributed by atoms with E-state index in [1.54, 1.807) is 39.8 Å². The van der Waals surface area contributed by atoms with E-state index in [0.717, 1.165) is 33.9 Å². The average molecular weight is 453 g/mol. The largest absolute Gasteiger partial charge is 0.493 e. The van der Waals surface area contributed by atoms with E-state index in [0.29, 0.717) is 23.0 Å². The van der Waals surface area contributed by atoms with Crippen LogP contribution in [0.4, 0.5) is 0 Å². The molecule has 2 aliphatic rings. The summed E-state index contributed by atoms with van der Waals surface area (Å²) >= 11 is 1.69. The zero-order valence-corrected chi connectivity index (χ0v) is 19.1. The number of hydrazone groups is 1. The van der Waals surface area contributed by atoms with Crippen LogP contribution in [0.25, 0.3) is 0 Å². The highest BCUT2D eigenvalue weighted by molar-refractivity contribution is 7.12. The van der Waals surface area contributed by atoms with Gasteiger partial charge in [-0.3, -0.25) is 0 Å². The monoisotopic (exact) mass is 452 g/mol. The maximum Gasteiger partial charge on any atom is 0.214 e. The van der Waals surface area contributed by atoms with Gasteiger partial charge in [-0.15, -0.1) is 11.3 Å². The molecule has 32 heavy (non-hydrogen) atoms. The van der Waals surface area contributed by atoms with Crippen molar-refractivity contribution >= 4 is 17.0 Å². The van der Waals surface area contributed by atoms with Crippen molar-refractivity contribution in [1.29, 1.82) is 0 Å². The summed E-state index contributed by atoms with van der Waals surface area (Å²) in [6.07, 6.45) is 0.292. The van der Waals surface area contributed by atoms with Crippen molar-refractivity contribution in [2.75, 3.05) is 28.4 Å². The smallest absolute Gasteiger partial charge is 0.214 e. The second-order valence-corrected chi connectivity index (χ2v) is 8.38. The fraction of sp³-hybridized carbons (Fsp3) is 0.292. The van der Waals surface area contributed by atoms with Crippen LogP contribution in [0.15, 0.2) is 52.9 Å². The van der Waals surface area contributed by atoms with E-state index in [1.165, 1.54) is 0 Å². The van der Waals surface area contributed by atoms with Gasteiger partial charge in [0.2, 0.25) is 12.0 Å². The fourth-order valence-corrected chi connectivity index (χ4v) is 5.02. The molecule has 2 aliphatic heterocycles. The summed E-state index contributed by atoms with van der Waals surface area (Å²) in [5, 5.41) is 9.09. The third kappa shape index (κ3) is 3.22. The van der Waals surface area contributed by atoms with Gasteiger partial charge in [0, 0.05) is 17.5 Å². The molecule has 8 heteroatoms. The maximum atomic E-state index is 6.54. The van der Waals surface area contributed by atoms with Crippen molar-refractivity contribution in [3.8, 4) is 28.7 Å². The number of ether oxygens (including phenoxy) is 5. The molecule has 166 valence electrons. The summed E-state index contributed by atoms with van der Waals surface area (Å²) in [7, 11) is 6.45. The summed E-state index contributed by atoms with van der Waals surface area (Å²) < 4.78 is 28.8. The lowest BCUT2D eigenvalue weighted by atomic mass is 9.97. The summed E-state index contributed by atoms with van der Waals surface area (Å²) in [6.45, 7) is 0. The maximum absolute atomic E-state index is 6.54.